The predicted octanol–water partition coefficient (Wildman–Crippen LogP) is 3.70. The highest BCUT2D eigenvalue weighted by atomic mass is 16.3. The zero-order valence-corrected chi connectivity index (χ0v) is 20.3. The third kappa shape index (κ3) is 3.95. The number of fused-ring (bicyclic) bond motifs is 3. The van der Waals surface area contributed by atoms with Gasteiger partial charge in [-0.2, -0.15) is 0 Å². The van der Waals surface area contributed by atoms with Gasteiger partial charge < -0.3 is 19.9 Å². The summed E-state index contributed by atoms with van der Waals surface area (Å²) in [6, 6.07) is 19.8. The average Bonchev–Trinajstić information content (AvgIpc) is 3.42. The molecule has 0 saturated carbocycles. The fraction of sp³-hybridized carbons (Fsp3) is 0.276. The van der Waals surface area contributed by atoms with Crippen molar-refractivity contribution in [3.8, 4) is 11.1 Å². The predicted molar refractivity (Wildman–Crippen MR) is 139 cm³/mol. The topological polar surface area (TPSA) is 91.6 Å². The number of pyridine rings is 1. The van der Waals surface area contributed by atoms with Crippen LogP contribution in [0.25, 0.3) is 17.2 Å². The highest BCUT2D eigenvalue weighted by Gasteiger charge is 2.56. The van der Waals surface area contributed by atoms with Crippen molar-refractivity contribution >= 4 is 23.6 Å². The Hall–Kier alpha value is -3.97. The van der Waals surface area contributed by atoms with Crippen LogP contribution in [0.15, 0.2) is 77.6 Å². The Morgan fingerprint density at radius 3 is 2.36 bits per heavy atom. The first-order chi connectivity index (χ1) is 17.4. The second-order valence-electron chi connectivity index (χ2n) is 9.39. The number of likely N-dealkylation sites (tertiary alicyclic amines) is 1. The lowest BCUT2D eigenvalue weighted by Crippen LogP contribution is -2.47. The number of rotatable bonds is 5. The fourth-order valence-corrected chi connectivity index (χ4v) is 5.76. The van der Waals surface area contributed by atoms with Crippen LogP contribution in [0.2, 0.25) is 0 Å². The van der Waals surface area contributed by atoms with Crippen molar-refractivity contribution in [3.05, 3.63) is 94.4 Å². The molecule has 184 valence electrons. The molecule has 1 fully saturated rings. The molecule has 5 rings (SSSR count). The molecule has 4 atom stereocenters. The number of carbonyl (C=O) groups excluding carboxylic acids is 2. The van der Waals surface area contributed by atoms with Gasteiger partial charge >= 0.3 is 0 Å². The van der Waals surface area contributed by atoms with Gasteiger partial charge in [-0.05, 0) is 42.3 Å². The number of hydrogen-bond donors (Lipinski definition) is 2. The Morgan fingerprint density at radius 2 is 1.72 bits per heavy atom. The average molecular weight is 484 g/mol. The third-order valence-corrected chi connectivity index (χ3v) is 7.34. The number of carbonyl (C=O) groups is 2. The molecule has 0 radical (unpaired) electrons. The van der Waals surface area contributed by atoms with Crippen LogP contribution in [-0.4, -0.2) is 39.0 Å². The van der Waals surface area contributed by atoms with Gasteiger partial charge in [0.2, 0.25) is 11.8 Å². The van der Waals surface area contributed by atoms with E-state index < -0.39 is 18.0 Å². The summed E-state index contributed by atoms with van der Waals surface area (Å²) in [5.74, 6) is -1.33. The molecule has 2 aromatic carbocycles. The van der Waals surface area contributed by atoms with Gasteiger partial charge in [0.1, 0.15) is 6.04 Å². The number of nitrogens with one attached hydrogen (secondary N) is 1. The molecule has 1 saturated heterocycles. The van der Waals surface area contributed by atoms with Crippen molar-refractivity contribution in [2.75, 3.05) is 11.9 Å². The molecule has 2 amide bonds. The van der Waals surface area contributed by atoms with E-state index in [1.165, 1.54) is 6.92 Å². The van der Waals surface area contributed by atoms with Crippen LogP contribution < -0.4 is 10.9 Å². The van der Waals surface area contributed by atoms with E-state index in [4.69, 9.17) is 0 Å². The van der Waals surface area contributed by atoms with Crippen molar-refractivity contribution in [2.24, 2.45) is 11.8 Å². The summed E-state index contributed by atoms with van der Waals surface area (Å²) in [6.07, 6.45) is 3.57. The Kier molecular flexibility index (Phi) is 6.33. The van der Waals surface area contributed by atoms with Gasteiger partial charge in [0.25, 0.3) is 5.56 Å². The highest BCUT2D eigenvalue weighted by molar-refractivity contribution is 5.98. The molecule has 7 nitrogen and oxygen atoms in total. The zero-order chi connectivity index (χ0) is 25.4. The number of anilines is 1. The largest absolute Gasteiger partial charge is 0.396 e. The molecule has 2 N–H and O–H groups in total. The first-order valence-electron chi connectivity index (χ1n) is 12.2. The van der Waals surface area contributed by atoms with Gasteiger partial charge in [0, 0.05) is 48.9 Å². The van der Waals surface area contributed by atoms with Crippen LogP contribution in [0, 0.1) is 11.8 Å². The number of aliphatic hydroxyl groups excluding tert-OH is 1. The number of benzene rings is 2. The Labute approximate surface area is 209 Å². The maximum atomic E-state index is 13.5. The van der Waals surface area contributed by atoms with Crippen molar-refractivity contribution < 1.29 is 14.7 Å². The highest BCUT2D eigenvalue weighted by Crippen LogP contribution is 2.49. The van der Waals surface area contributed by atoms with Crippen molar-refractivity contribution in [1.29, 1.82) is 0 Å². The van der Waals surface area contributed by atoms with Crippen molar-refractivity contribution in [1.82, 2.24) is 9.47 Å². The molecule has 1 aromatic heterocycles. The normalized spacial score (nSPS) is 22.5. The van der Waals surface area contributed by atoms with Crippen LogP contribution >= 0.6 is 0 Å². The van der Waals surface area contributed by atoms with E-state index in [0.29, 0.717) is 23.5 Å². The van der Waals surface area contributed by atoms with E-state index in [0.717, 1.165) is 11.1 Å². The van der Waals surface area contributed by atoms with Gasteiger partial charge in [-0.3, -0.25) is 14.4 Å². The first-order valence-corrected chi connectivity index (χ1v) is 12.2. The summed E-state index contributed by atoms with van der Waals surface area (Å²) in [7, 11) is 0. The zero-order valence-electron chi connectivity index (χ0n) is 20.3. The van der Waals surface area contributed by atoms with Crippen molar-refractivity contribution in [3.63, 3.8) is 0 Å². The molecule has 3 aromatic rings. The van der Waals surface area contributed by atoms with E-state index in [1.807, 2.05) is 73.7 Å². The fourth-order valence-electron chi connectivity index (χ4n) is 5.76. The SMILES string of the molecule is C/C=C/c1ccc2n(c1=O)C[C@@H]1[C@@H](CO)[C@H](C(=O)Nc3ccc(-c4ccccc4)cc3)N(C(C)=O)[C@H]21. The minimum atomic E-state index is -0.838. The number of aromatic nitrogens is 1. The lowest BCUT2D eigenvalue weighted by atomic mass is 9.88. The molecule has 7 heteroatoms. The minimum Gasteiger partial charge on any atom is -0.396 e. The van der Waals surface area contributed by atoms with E-state index in [1.54, 1.807) is 21.6 Å². The standard InChI is InChI=1S/C29H29N3O4/c1-3-7-21-12-15-25-26-23(16-31(25)29(21)36)24(17-33)27(32(26)18(2)34)28(35)30-22-13-10-20(11-14-22)19-8-5-4-6-9-19/h3-15,23-24,26-27,33H,16-17H2,1-2H3,(H,30,35)/b7-3+/t23-,24-,26+,27-/m1/s1. The van der Waals surface area contributed by atoms with Gasteiger partial charge in [0.15, 0.2) is 0 Å². The summed E-state index contributed by atoms with van der Waals surface area (Å²) in [5, 5.41) is 13.3. The van der Waals surface area contributed by atoms with Crippen LogP contribution in [-0.2, 0) is 16.1 Å². The molecule has 2 aliphatic rings. The monoisotopic (exact) mass is 483 g/mol. The van der Waals surface area contributed by atoms with Crippen molar-refractivity contribution in [2.45, 2.75) is 32.5 Å². The van der Waals surface area contributed by atoms with Gasteiger partial charge in [-0.1, -0.05) is 54.6 Å². The molecular weight excluding hydrogens is 454 g/mol. The quantitative estimate of drug-likeness (QED) is 0.579. The first kappa shape index (κ1) is 23.8. The lowest BCUT2D eigenvalue weighted by molar-refractivity contribution is -0.138. The lowest BCUT2D eigenvalue weighted by Gasteiger charge is -2.30. The van der Waals surface area contributed by atoms with Gasteiger partial charge in [-0.25, -0.2) is 0 Å². The van der Waals surface area contributed by atoms with Gasteiger partial charge in [0.05, 0.1) is 6.04 Å². The maximum Gasteiger partial charge on any atom is 0.258 e. The van der Waals surface area contributed by atoms with E-state index in [-0.39, 0.29) is 29.9 Å². The molecule has 2 aliphatic heterocycles. The molecular formula is C29H29N3O4. The third-order valence-electron chi connectivity index (χ3n) is 7.34. The maximum absolute atomic E-state index is 13.5. The van der Waals surface area contributed by atoms with Crippen LogP contribution in [0.5, 0.6) is 0 Å². The van der Waals surface area contributed by atoms with Crippen LogP contribution in [0.4, 0.5) is 5.69 Å². The number of allylic oxidation sites excluding steroid dienone is 1. The number of amides is 2. The number of aliphatic hydroxyl groups is 1. The molecule has 36 heavy (non-hydrogen) atoms. The summed E-state index contributed by atoms with van der Waals surface area (Å²) in [4.78, 5) is 40.9. The van der Waals surface area contributed by atoms with Crippen LogP contribution in [0.1, 0.15) is 31.1 Å². The number of nitrogens with zero attached hydrogens (tertiary/aromatic N) is 2. The summed E-state index contributed by atoms with van der Waals surface area (Å²) >= 11 is 0. The summed E-state index contributed by atoms with van der Waals surface area (Å²) in [6.45, 7) is 3.37. The van der Waals surface area contributed by atoms with E-state index in [2.05, 4.69) is 5.32 Å². The molecule has 0 bridgehead atoms. The minimum absolute atomic E-state index is 0.125. The Balaban J connectivity index is 1.44. The van der Waals surface area contributed by atoms with E-state index in [9.17, 15) is 19.5 Å². The molecule has 3 heterocycles. The van der Waals surface area contributed by atoms with Crippen LogP contribution in [0.3, 0.4) is 0 Å². The number of hydrogen-bond acceptors (Lipinski definition) is 4. The second-order valence-corrected chi connectivity index (χ2v) is 9.39. The Morgan fingerprint density at radius 1 is 1.03 bits per heavy atom. The summed E-state index contributed by atoms with van der Waals surface area (Å²) < 4.78 is 1.68. The van der Waals surface area contributed by atoms with E-state index >= 15 is 0 Å². The van der Waals surface area contributed by atoms with Gasteiger partial charge in [-0.15, -0.1) is 0 Å². The smallest absolute Gasteiger partial charge is 0.258 e. The molecule has 0 spiro atoms. The molecule has 0 unspecified atom stereocenters. The molecule has 0 aliphatic carbocycles. The Bertz CT molecular complexity index is 1380. The second kappa shape index (κ2) is 9.59. The summed E-state index contributed by atoms with van der Waals surface area (Å²) in [5.41, 5.74) is 3.87.